The fourth-order valence-electron chi connectivity index (χ4n) is 2.77. The first-order chi connectivity index (χ1) is 9.31. The van der Waals surface area contributed by atoms with Gasteiger partial charge in [0.15, 0.2) is 0 Å². The molecule has 102 valence electrons. The maximum atomic E-state index is 5.66. The van der Waals surface area contributed by atoms with Gasteiger partial charge in [-0.2, -0.15) is 0 Å². The molecule has 2 aromatic rings. The highest BCUT2D eigenvalue weighted by atomic mass is 16.5. The quantitative estimate of drug-likeness (QED) is 0.899. The summed E-state index contributed by atoms with van der Waals surface area (Å²) in [6.45, 7) is 2.58. The van der Waals surface area contributed by atoms with Gasteiger partial charge in [0.05, 0.1) is 25.3 Å². The molecule has 1 fully saturated rings. The smallest absolute Gasteiger partial charge is 0.128 e. The van der Waals surface area contributed by atoms with Crippen molar-refractivity contribution in [2.24, 2.45) is 7.05 Å². The Labute approximate surface area is 113 Å². The zero-order valence-electron chi connectivity index (χ0n) is 11.5. The van der Waals surface area contributed by atoms with Crippen molar-refractivity contribution in [3.8, 4) is 5.75 Å². The van der Waals surface area contributed by atoms with Crippen LogP contribution in [0, 0.1) is 0 Å². The van der Waals surface area contributed by atoms with Gasteiger partial charge in [-0.1, -0.05) is 6.07 Å². The molecule has 0 aliphatic carbocycles. The number of hydrogen-bond acceptors (Lipinski definition) is 3. The summed E-state index contributed by atoms with van der Waals surface area (Å²) in [7, 11) is 3.82. The topological polar surface area (TPSA) is 35.4 Å². The summed E-state index contributed by atoms with van der Waals surface area (Å²) in [6.07, 6.45) is 1.07. The van der Waals surface area contributed by atoms with E-state index in [2.05, 4.69) is 29.1 Å². The Bertz CT molecular complexity index is 569. The molecule has 0 saturated carbocycles. The summed E-state index contributed by atoms with van der Waals surface area (Å²) in [5.74, 6) is 0.925. The summed E-state index contributed by atoms with van der Waals surface area (Å²) in [4.78, 5) is 0. The molecular weight excluding hydrogens is 240 g/mol. The number of benzene rings is 1. The van der Waals surface area contributed by atoms with E-state index in [1.807, 2.05) is 12.1 Å². The second kappa shape index (κ2) is 5.23. The van der Waals surface area contributed by atoms with Crippen LogP contribution in [-0.2, 0) is 11.8 Å². The van der Waals surface area contributed by atoms with E-state index in [1.165, 1.54) is 11.2 Å². The fraction of sp³-hybridized carbons (Fsp3) is 0.467. The molecule has 1 aromatic heterocycles. The van der Waals surface area contributed by atoms with Crippen molar-refractivity contribution in [2.75, 3.05) is 26.9 Å². The third-order valence-corrected chi connectivity index (χ3v) is 3.80. The molecule has 3 rings (SSSR count). The summed E-state index contributed by atoms with van der Waals surface area (Å²) in [5, 5.41) is 4.71. The number of nitrogens with one attached hydrogen (secondary N) is 1. The standard InChI is InChI=1S/C15H20N2O2/c1-17-13-5-3-6-15(18-2)11(13)9-14(17)12-10-19-8-4-7-16-12/h3,5-6,9,12,16H,4,7-8,10H2,1-2H3. The van der Waals surface area contributed by atoms with Crippen LogP contribution >= 0.6 is 0 Å². The van der Waals surface area contributed by atoms with Crippen LogP contribution in [0.2, 0.25) is 0 Å². The fourth-order valence-corrected chi connectivity index (χ4v) is 2.77. The van der Waals surface area contributed by atoms with Crippen molar-refractivity contribution < 1.29 is 9.47 Å². The molecule has 0 radical (unpaired) electrons. The van der Waals surface area contributed by atoms with Crippen LogP contribution in [0.1, 0.15) is 18.2 Å². The number of ether oxygens (including phenoxy) is 2. The Hall–Kier alpha value is -1.52. The van der Waals surface area contributed by atoms with Gasteiger partial charge in [0.25, 0.3) is 0 Å². The molecule has 0 amide bonds. The predicted molar refractivity (Wildman–Crippen MR) is 75.7 cm³/mol. The third kappa shape index (κ3) is 2.22. The lowest BCUT2D eigenvalue weighted by molar-refractivity contribution is 0.130. The predicted octanol–water partition coefficient (Wildman–Crippen LogP) is 2.24. The van der Waals surface area contributed by atoms with E-state index in [1.54, 1.807) is 7.11 Å². The van der Waals surface area contributed by atoms with E-state index < -0.39 is 0 Å². The summed E-state index contributed by atoms with van der Waals surface area (Å²) in [5.41, 5.74) is 2.45. The molecule has 1 saturated heterocycles. The summed E-state index contributed by atoms with van der Waals surface area (Å²) < 4.78 is 13.3. The van der Waals surface area contributed by atoms with Gasteiger partial charge in [-0.3, -0.25) is 0 Å². The highest BCUT2D eigenvalue weighted by molar-refractivity contribution is 5.87. The highest BCUT2D eigenvalue weighted by Gasteiger charge is 2.19. The zero-order valence-corrected chi connectivity index (χ0v) is 11.5. The Morgan fingerprint density at radius 1 is 1.42 bits per heavy atom. The SMILES string of the molecule is COc1cccc2c1cc(C1COCCCN1)n2C. The van der Waals surface area contributed by atoms with E-state index in [0.29, 0.717) is 0 Å². The molecule has 4 nitrogen and oxygen atoms in total. The maximum Gasteiger partial charge on any atom is 0.128 e. The normalized spacial score (nSPS) is 20.4. The molecule has 0 spiro atoms. The molecule has 1 N–H and O–H groups in total. The third-order valence-electron chi connectivity index (χ3n) is 3.80. The monoisotopic (exact) mass is 260 g/mol. The second-order valence-corrected chi connectivity index (χ2v) is 4.96. The van der Waals surface area contributed by atoms with Crippen molar-refractivity contribution in [3.63, 3.8) is 0 Å². The van der Waals surface area contributed by atoms with Crippen molar-refractivity contribution in [1.29, 1.82) is 0 Å². The van der Waals surface area contributed by atoms with Gasteiger partial charge < -0.3 is 19.4 Å². The van der Waals surface area contributed by atoms with Crippen molar-refractivity contribution in [1.82, 2.24) is 9.88 Å². The van der Waals surface area contributed by atoms with E-state index in [4.69, 9.17) is 9.47 Å². The first-order valence-corrected chi connectivity index (χ1v) is 6.74. The molecule has 1 aliphatic heterocycles. The van der Waals surface area contributed by atoms with Gasteiger partial charge in [0, 0.05) is 24.7 Å². The Balaban J connectivity index is 2.06. The first-order valence-electron chi connectivity index (χ1n) is 6.74. The largest absolute Gasteiger partial charge is 0.496 e. The zero-order chi connectivity index (χ0) is 13.2. The summed E-state index contributed by atoms with van der Waals surface area (Å²) >= 11 is 0. The average molecular weight is 260 g/mol. The van der Waals surface area contributed by atoms with Crippen molar-refractivity contribution >= 4 is 10.9 Å². The molecule has 1 aliphatic rings. The van der Waals surface area contributed by atoms with E-state index >= 15 is 0 Å². The molecule has 0 bridgehead atoms. The number of aryl methyl sites for hydroxylation is 1. The van der Waals surface area contributed by atoms with E-state index in [-0.39, 0.29) is 6.04 Å². The van der Waals surface area contributed by atoms with E-state index in [0.717, 1.165) is 37.3 Å². The Kier molecular flexibility index (Phi) is 3.44. The second-order valence-electron chi connectivity index (χ2n) is 4.96. The minimum absolute atomic E-state index is 0.254. The highest BCUT2D eigenvalue weighted by Crippen LogP contribution is 2.30. The molecule has 2 heterocycles. The molecule has 1 aromatic carbocycles. The van der Waals surface area contributed by atoms with Crippen LogP contribution in [0.5, 0.6) is 5.75 Å². The first kappa shape index (κ1) is 12.5. The van der Waals surface area contributed by atoms with Crippen LogP contribution < -0.4 is 10.1 Å². The molecule has 1 atom stereocenters. The van der Waals surface area contributed by atoms with Gasteiger partial charge in [-0.25, -0.2) is 0 Å². The van der Waals surface area contributed by atoms with Gasteiger partial charge in [0.1, 0.15) is 5.75 Å². The Morgan fingerprint density at radius 2 is 2.32 bits per heavy atom. The minimum atomic E-state index is 0.254. The van der Waals surface area contributed by atoms with Gasteiger partial charge in [-0.15, -0.1) is 0 Å². The Morgan fingerprint density at radius 3 is 3.16 bits per heavy atom. The summed E-state index contributed by atoms with van der Waals surface area (Å²) in [6, 6.07) is 8.62. The molecule has 19 heavy (non-hydrogen) atoms. The number of methoxy groups -OCH3 is 1. The average Bonchev–Trinajstić information content (AvgIpc) is 2.65. The number of rotatable bonds is 2. The number of nitrogens with zero attached hydrogens (tertiary/aromatic N) is 1. The van der Waals surface area contributed by atoms with Gasteiger partial charge in [-0.05, 0) is 31.2 Å². The van der Waals surface area contributed by atoms with Crippen LogP contribution in [0.15, 0.2) is 24.3 Å². The van der Waals surface area contributed by atoms with E-state index in [9.17, 15) is 0 Å². The lowest BCUT2D eigenvalue weighted by Gasteiger charge is -2.16. The van der Waals surface area contributed by atoms with Crippen molar-refractivity contribution in [2.45, 2.75) is 12.5 Å². The van der Waals surface area contributed by atoms with Crippen molar-refractivity contribution in [3.05, 3.63) is 30.0 Å². The maximum absolute atomic E-state index is 5.66. The van der Waals surface area contributed by atoms with Gasteiger partial charge >= 0.3 is 0 Å². The lowest BCUT2D eigenvalue weighted by Crippen LogP contribution is -2.25. The van der Waals surface area contributed by atoms with Gasteiger partial charge in [0.2, 0.25) is 0 Å². The number of hydrogen-bond donors (Lipinski definition) is 1. The molecular formula is C15H20N2O2. The molecule has 1 unspecified atom stereocenters. The van der Waals surface area contributed by atoms with Crippen LogP contribution in [0.4, 0.5) is 0 Å². The van der Waals surface area contributed by atoms with Crippen LogP contribution in [0.25, 0.3) is 10.9 Å². The number of aromatic nitrogens is 1. The lowest BCUT2D eigenvalue weighted by atomic mass is 10.2. The molecule has 4 heteroatoms. The minimum Gasteiger partial charge on any atom is -0.496 e. The van der Waals surface area contributed by atoms with Crippen LogP contribution in [-0.4, -0.2) is 31.4 Å². The van der Waals surface area contributed by atoms with Crippen LogP contribution in [0.3, 0.4) is 0 Å². The number of fused-ring (bicyclic) bond motifs is 1.